The summed E-state index contributed by atoms with van der Waals surface area (Å²) >= 11 is 1.73. The molecule has 2 aliphatic rings. The highest BCUT2D eigenvalue weighted by molar-refractivity contribution is 7.91. The fourth-order valence-corrected chi connectivity index (χ4v) is 6.27. The molecule has 1 N–H and O–H groups in total. The van der Waals surface area contributed by atoms with E-state index in [9.17, 15) is 13.2 Å². The molecule has 1 aromatic heterocycles. The highest BCUT2D eigenvalue weighted by atomic mass is 32.2. The zero-order valence-electron chi connectivity index (χ0n) is 13.7. The molecule has 2 aliphatic heterocycles. The zero-order valence-corrected chi connectivity index (χ0v) is 15.4. The molecule has 132 valence electrons. The average Bonchev–Trinajstić information content (AvgIpc) is 3.20. The van der Waals surface area contributed by atoms with Gasteiger partial charge in [0, 0.05) is 17.5 Å². The molecule has 2 atom stereocenters. The Morgan fingerprint density at radius 1 is 1.20 bits per heavy atom. The molecule has 4 rings (SSSR count). The van der Waals surface area contributed by atoms with Crippen LogP contribution in [0.15, 0.2) is 41.8 Å². The van der Waals surface area contributed by atoms with Crippen molar-refractivity contribution in [2.45, 2.75) is 24.9 Å². The van der Waals surface area contributed by atoms with Crippen molar-refractivity contribution in [3.63, 3.8) is 0 Å². The van der Waals surface area contributed by atoms with E-state index in [1.54, 1.807) is 11.3 Å². The second-order valence-corrected chi connectivity index (χ2v) is 9.83. The van der Waals surface area contributed by atoms with Crippen LogP contribution in [0.25, 0.3) is 0 Å². The molecule has 1 aromatic carbocycles. The molecule has 2 amide bonds. The topological polar surface area (TPSA) is 66.5 Å². The highest BCUT2D eigenvalue weighted by Crippen LogP contribution is 2.37. The number of benzene rings is 1. The normalized spacial score (nSPS) is 24.7. The Morgan fingerprint density at radius 2 is 2.00 bits per heavy atom. The molecule has 5 nitrogen and oxygen atoms in total. The van der Waals surface area contributed by atoms with E-state index in [-0.39, 0.29) is 29.6 Å². The first-order valence-electron chi connectivity index (χ1n) is 8.42. The van der Waals surface area contributed by atoms with Crippen molar-refractivity contribution >= 4 is 27.2 Å². The maximum atomic E-state index is 12.9. The molecular weight excluding hydrogens is 356 g/mol. The standard InChI is InChI=1S/C18H20N2O3S2/c21-18(19-14-8-11-25(22,23)12-14)20-9-6-16-15(7-10-24-16)17(20)13-4-2-1-3-5-13/h1-5,7,10,14,17H,6,8-9,11-12H2,(H,19,21)/t14-,17-/m0/s1. The van der Waals surface area contributed by atoms with Gasteiger partial charge in [0.05, 0.1) is 17.5 Å². The summed E-state index contributed by atoms with van der Waals surface area (Å²) in [7, 11) is -3.01. The Kier molecular flexibility index (Phi) is 4.29. The van der Waals surface area contributed by atoms with Crippen molar-refractivity contribution in [2.24, 2.45) is 0 Å². The molecule has 0 saturated carbocycles. The van der Waals surface area contributed by atoms with E-state index in [0.717, 1.165) is 12.0 Å². The third-order valence-electron chi connectivity index (χ3n) is 4.90. The van der Waals surface area contributed by atoms with E-state index in [4.69, 9.17) is 0 Å². The lowest BCUT2D eigenvalue weighted by Crippen LogP contribution is -2.49. The Balaban J connectivity index is 1.60. The summed E-state index contributed by atoms with van der Waals surface area (Å²) in [6, 6.07) is 11.5. The van der Waals surface area contributed by atoms with E-state index in [0.29, 0.717) is 13.0 Å². The maximum Gasteiger partial charge on any atom is 0.318 e. The van der Waals surface area contributed by atoms with E-state index >= 15 is 0 Å². The number of carbonyl (C=O) groups excluding carboxylic acids is 1. The number of fused-ring (bicyclic) bond motifs is 1. The number of rotatable bonds is 2. The molecule has 7 heteroatoms. The van der Waals surface area contributed by atoms with Crippen LogP contribution in [-0.2, 0) is 16.3 Å². The van der Waals surface area contributed by atoms with Gasteiger partial charge in [-0.05, 0) is 35.4 Å². The van der Waals surface area contributed by atoms with Crippen LogP contribution >= 0.6 is 11.3 Å². The van der Waals surface area contributed by atoms with Crippen LogP contribution < -0.4 is 5.32 Å². The van der Waals surface area contributed by atoms with Crippen LogP contribution in [0.1, 0.15) is 28.5 Å². The molecular formula is C18H20N2O3S2. The van der Waals surface area contributed by atoms with Gasteiger partial charge in [-0.3, -0.25) is 0 Å². The van der Waals surface area contributed by atoms with Gasteiger partial charge in [-0.2, -0.15) is 0 Å². The van der Waals surface area contributed by atoms with Gasteiger partial charge in [-0.15, -0.1) is 11.3 Å². The van der Waals surface area contributed by atoms with Crippen LogP contribution in [0.4, 0.5) is 4.79 Å². The molecule has 1 fully saturated rings. The minimum absolute atomic E-state index is 0.0479. The average molecular weight is 377 g/mol. The van der Waals surface area contributed by atoms with Gasteiger partial charge in [0.1, 0.15) is 0 Å². The van der Waals surface area contributed by atoms with Crippen LogP contribution in [0.3, 0.4) is 0 Å². The van der Waals surface area contributed by atoms with Gasteiger partial charge in [-0.25, -0.2) is 13.2 Å². The molecule has 25 heavy (non-hydrogen) atoms. The maximum absolute atomic E-state index is 12.9. The number of nitrogens with one attached hydrogen (secondary N) is 1. The number of amides is 2. The first-order chi connectivity index (χ1) is 12.0. The molecule has 2 aromatic rings. The predicted octanol–water partition coefficient (Wildman–Crippen LogP) is 2.59. The number of carbonyl (C=O) groups is 1. The Labute approximate surface area is 151 Å². The van der Waals surface area contributed by atoms with Crippen LogP contribution in [-0.4, -0.2) is 43.4 Å². The number of thiophene rings is 1. The van der Waals surface area contributed by atoms with Gasteiger partial charge in [0.25, 0.3) is 0 Å². The third kappa shape index (κ3) is 3.30. The largest absolute Gasteiger partial charge is 0.334 e. The van der Waals surface area contributed by atoms with Gasteiger partial charge in [-0.1, -0.05) is 30.3 Å². The summed E-state index contributed by atoms with van der Waals surface area (Å²) in [5, 5.41) is 5.01. The zero-order chi connectivity index (χ0) is 17.4. The fourth-order valence-electron chi connectivity index (χ4n) is 3.70. The molecule has 0 unspecified atom stereocenters. The third-order valence-corrected chi connectivity index (χ3v) is 7.67. The number of nitrogens with zero attached hydrogens (tertiary/aromatic N) is 1. The summed E-state index contributed by atoms with van der Waals surface area (Å²) in [4.78, 5) is 16.1. The van der Waals surface area contributed by atoms with Crippen molar-refractivity contribution in [3.05, 3.63) is 57.8 Å². The molecule has 0 radical (unpaired) electrons. The first-order valence-corrected chi connectivity index (χ1v) is 11.1. The van der Waals surface area contributed by atoms with E-state index in [1.165, 1.54) is 10.4 Å². The minimum Gasteiger partial charge on any atom is -0.334 e. The highest BCUT2D eigenvalue weighted by Gasteiger charge is 2.35. The summed E-state index contributed by atoms with van der Waals surface area (Å²) in [6.45, 7) is 0.637. The van der Waals surface area contributed by atoms with Crippen molar-refractivity contribution in [1.82, 2.24) is 10.2 Å². The Bertz CT molecular complexity index is 877. The van der Waals surface area contributed by atoms with Crippen LogP contribution in [0.2, 0.25) is 0 Å². The second kappa shape index (κ2) is 6.46. The summed E-state index contributed by atoms with van der Waals surface area (Å²) < 4.78 is 23.3. The van der Waals surface area contributed by atoms with Gasteiger partial charge in [0.15, 0.2) is 9.84 Å². The van der Waals surface area contributed by atoms with Crippen molar-refractivity contribution in [3.8, 4) is 0 Å². The van der Waals surface area contributed by atoms with Gasteiger partial charge >= 0.3 is 6.03 Å². The van der Waals surface area contributed by atoms with Crippen molar-refractivity contribution in [1.29, 1.82) is 0 Å². The number of sulfone groups is 1. The summed E-state index contributed by atoms with van der Waals surface area (Å²) in [5.41, 5.74) is 2.26. The molecule has 1 saturated heterocycles. The number of hydrogen-bond donors (Lipinski definition) is 1. The monoisotopic (exact) mass is 376 g/mol. The van der Waals surface area contributed by atoms with Crippen molar-refractivity contribution < 1.29 is 13.2 Å². The lowest BCUT2D eigenvalue weighted by atomic mass is 9.93. The Morgan fingerprint density at radius 3 is 2.72 bits per heavy atom. The van der Waals surface area contributed by atoms with Crippen LogP contribution in [0.5, 0.6) is 0 Å². The SMILES string of the molecule is O=C(N[C@H]1CCS(=O)(=O)C1)N1CCc2sccc2[C@@H]1c1ccccc1. The fraction of sp³-hybridized carbons (Fsp3) is 0.389. The summed E-state index contributed by atoms with van der Waals surface area (Å²) in [6.07, 6.45) is 1.34. The number of hydrogen-bond acceptors (Lipinski definition) is 4. The first kappa shape index (κ1) is 16.6. The molecule has 0 aliphatic carbocycles. The summed E-state index contributed by atoms with van der Waals surface area (Å²) in [5.74, 6) is 0.209. The quantitative estimate of drug-likeness (QED) is 0.876. The van der Waals surface area contributed by atoms with Crippen molar-refractivity contribution in [2.75, 3.05) is 18.1 Å². The van der Waals surface area contributed by atoms with E-state index in [2.05, 4.69) is 16.8 Å². The van der Waals surface area contributed by atoms with E-state index < -0.39 is 9.84 Å². The lowest BCUT2D eigenvalue weighted by Gasteiger charge is -2.36. The molecule has 3 heterocycles. The molecule has 0 spiro atoms. The van der Waals surface area contributed by atoms with Gasteiger partial charge < -0.3 is 10.2 Å². The van der Waals surface area contributed by atoms with E-state index in [1.807, 2.05) is 35.2 Å². The smallest absolute Gasteiger partial charge is 0.318 e. The Hall–Kier alpha value is -1.86. The molecule has 0 bridgehead atoms. The van der Waals surface area contributed by atoms with Crippen LogP contribution in [0, 0.1) is 0 Å². The minimum atomic E-state index is -3.01. The second-order valence-electron chi connectivity index (χ2n) is 6.61. The lowest BCUT2D eigenvalue weighted by molar-refractivity contribution is 0.177. The van der Waals surface area contributed by atoms with Gasteiger partial charge in [0.2, 0.25) is 0 Å². The predicted molar refractivity (Wildman–Crippen MR) is 98.6 cm³/mol. The number of urea groups is 1.